The number of nitrogens with one attached hydrogen (secondary N) is 2. The fraction of sp³-hybridized carbons (Fsp3) is 0.450. The second-order valence-corrected chi connectivity index (χ2v) is 7.22. The van der Waals surface area contributed by atoms with Gasteiger partial charge in [0.15, 0.2) is 0 Å². The number of benzene rings is 1. The average molecular weight is 376 g/mol. The summed E-state index contributed by atoms with van der Waals surface area (Å²) < 4.78 is 10.1. The lowest BCUT2D eigenvalue weighted by Crippen LogP contribution is -2.50. The minimum Gasteiger partial charge on any atom is -0.460 e. The molecule has 0 heterocycles. The van der Waals surface area contributed by atoms with Crippen LogP contribution >= 0.6 is 0 Å². The molecule has 7 nitrogen and oxygen atoms in total. The van der Waals surface area contributed by atoms with E-state index < -0.39 is 29.6 Å². The van der Waals surface area contributed by atoms with Crippen molar-refractivity contribution < 1.29 is 23.9 Å². The Bertz CT molecular complexity index is 665. The van der Waals surface area contributed by atoms with Gasteiger partial charge in [-0.15, -0.1) is 0 Å². The molecule has 1 aromatic carbocycles. The maximum atomic E-state index is 12.5. The summed E-state index contributed by atoms with van der Waals surface area (Å²) >= 11 is 0. The molecule has 148 valence electrons. The van der Waals surface area contributed by atoms with Crippen LogP contribution in [0.3, 0.4) is 0 Å². The van der Waals surface area contributed by atoms with Gasteiger partial charge >= 0.3 is 12.1 Å². The molecule has 0 fully saturated rings. The van der Waals surface area contributed by atoms with E-state index >= 15 is 0 Å². The van der Waals surface area contributed by atoms with Gasteiger partial charge in [-0.25, -0.2) is 4.79 Å². The Hall–Kier alpha value is -2.83. The molecule has 1 atom stereocenters. The van der Waals surface area contributed by atoms with Gasteiger partial charge in [-0.3, -0.25) is 9.59 Å². The van der Waals surface area contributed by atoms with Crippen LogP contribution in [0.15, 0.2) is 42.5 Å². The van der Waals surface area contributed by atoms with E-state index in [0.717, 1.165) is 5.56 Å². The van der Waals surface area contributed by atoms with E-state index in [4.69, 9.17) is 9.47 Å². The van der Waals surface area contributed by atoms with Crippen LogP contribution in [0, 0.1) is 0 Å². The number of esters is 1. The molecule has 0 aromatic heterocycles. The normalized spacial score (nSPS) is 11.9. The van der Waals surface area contributed by atoms with Crippen LogP contribution in [0.5, 0.6) is 0 Å². The first-order valence-corrected chi connectivity index (χ1v) is 8.68. The van der Waals surface area contributed by atoms with E-state index in [1.54, 1.807) is 27.7 Å². The van der Waals surface area contributed by atoms with Crippen LogP contribution in [0.2, 0.25) is 0 Å². The second kappa shape index (κ2) is 10.4. The summed E-state index contributed by atoms with van der Waals surface area (Å²) in [5.74, 6) is -1.08. The molecule has 0 bridgehead atoms. The summed E-state index contributed by atoms with van der Waals surface area (Å²) in [5, 5.41) is 5.04. The predicted molar refractivity (Wildman–Crippen MR) is 102 cm³/mol. The Morgan fingerprint density at radius 2 is 1.78 bits per heavy atom. The monoisotopic (exact) mass is 376 g/mol. The summed E-state index contributed by atoms with van der Waals surface area (Å²) in [4.78, 5) is 36.2. The second-order valence-electron chi connectivity index (χ2n) is 7.22. The van der Waals surface area contributed by atoms with Gasteiger partial charge in [0.05, 0.1) is 0 Å². The highest BCUT2D eigenvalue weighted by Crippen LogP contribution is 2.08. The fourth-order valence-corrected chi connectivity index (χ4v) is 2.05. The third-order valence-corrected chi connectivity index (χ3v) is 3.18. The maximum absolute atomic E-state index is 12.5. The van der Waals surface area contributed by atoms with Crippen LogP contribution in [0.25, 0.3) is 0 Å². The topological polar surface area (TPSA) is 93.7 Å². The molecule has 7 heteroatoms. The Morgan fingerprint density at radius 3 is 2.33 bits per heavy atom. The van der Waals surface area contributed by atoms with E-state index in [-0.39, 0.29) is 19.6 Å². The molecule has 0 saturated heterocycles. The fourth-order valence-electron chi connectivity index (χ4n) is 2.05. The van der Waals surface area contributed by atoms with Gasteiger partial charge in [-0.05, 0) is 38.8 Å². The highest BCUT2D eigenvalue weighted by Gasteiger charge is 2.25. The molecule has 0 aliphatic heterocycles. The van der Waals surface area contributed by atoms with Gasteiger partial charge in [0, 0.05) is 6.42 Å². The first-order chi connectivity index (χ1) is 12.6. The van der Waals surface area contributed by atoms with E-state index in [0.29, 0.717) is 5.57 Å². The number of alkyl carbamates (subject to hydrolysis) is 1. The zero-order chi connectivity index (χ0) is 20.4. The van der Waals surface area contributed by atoms with Crippen molar-refractivity contribution in [3.8, 4) is 0 Å². The van der Waals surface area contributed by atoms with Gasteiger partial charge in [-0.2, -0.15) is 0 Å². The van der Waals surface area contributed by atoms with Gasteiger partial charge in [-0.1, -0.05) is 36.9 Å². The predicted octanol–water partition coefficient (Wildman–Crippen LogP) is 2.36. The van der Waals surface area contributed by atoms with Crippen molar-refractivity contribution in [3.63, 3.8) is 0 Å². The van der Waals surface area contributed by atoms with Crippen molar-refractivity contribution >= 4 is 18.0 Å². The quantitative estimate of drug-likeness (QED) is 0.537. The van der Waals surface area contributed by atoms with Crippen LogP contribution in [0.1, 0.15) is 33.3 Å². The summed E-state index contributed by atoms with van der Waals surface area (Å²) in [7, 11) is 0. The van der Waals surface area contributed by atoms with Crippen LogP contribution < -0.4 is 10.6 Å². The lowest BCUT2D eigenvalue weighted by molar-refractivity contribution is -0.143. The first-order valence-electron chi connectivity index (χ1n) is 8.68. The molecule has 1 unspecified atom stereocenters. The standard InChI is InChI=1S/C20H28N2O5/c1-14(2)13-26-17(23)12-21-18(24)16(11-15-9-7-6-8-10-15)22-19(25)27-20(3,4)5/h6-10,16H,1,11-13H2,2-5H3,(H,21,24)(H,22,25). The molecule has 1 rings (SSSR count). The van der Waals surface area contributed by atoms with E-state index in [1.807, 2.05) is 30.3 Å². The van der Waals surface area contributed by atoms with Crippen molar-refractivity contribution in [2.75, 3.05) is 13.2 Å². The number of ether oxygens (including phenoxy) is 2. The molecule has 0 saturated carbocycles. The van der Waals surface area contributed by atoms with Crippen molar-refractivity contribution in [3.05, 3.63) is 48.0 Å². The van der Waals surface area contributed by atoms with Gasteiger partial charge in [0.25, 0.3) is 0 Å². The minimum absolute atomic E-state index is 0.0955. The molecule has 2 N–H and O–H groups in total. The zero-order valence-corrected chi connectivity index (χ0v) is 16.3. The van der Waals surface area contributed by atoms with Crippen molar-refractivity contribution in [2.45, 2.75) is 45.8 Å². The molecule has 27 heavy (non-hydrogen) atoms. The van der Waals surface area contributed by atoms with Crippen molar-refractivity contribution in [2.24, 2.45) is 0 Å². The maximum Gasteiger partial charge on any atom is 0.408 e. The van der Waals surface area contributed by atoms with Crippen molar-refractivity contribution in [1.29, 1.82) is 0 Å². The average Bonchev–Trinajstić information content (AvgIpc) is 2.56. The Labute approximate surface area is 160 Å². The minimum atomic E-state index is -0.892. The molecule has 0 aliphatic carbocycles. The summed E-state index contributed by atoms with van der Waals surface area (Å²) in [6, 6.07) is 8.34. The van der Waals surface area contributed by atoms with E-state index in [2.05, 4.69) is 17.2 Å². The third-order valence-electron chi connectivity index (χ3n) is 3.18. The first kappa shape index (κ1) is 22.2. The SMILES string of the molecule is C=C(C)COC(=O)CNC(=O)C(Cc1ccccc1)NC(=O)OC(C)(C)C. The lowest BCUT2D eigenvalue weighted by atomic mass is 10.1. The van der Waals surface area contributed by atoms with E-state index in [1.165, 1.54) is 0 Å². The summed E-state index contributed by atoms with van der Waals surface area (Å²) in [5.41, 5.74) is 0.867. The molecule has 0 aliphatic rings. The zero-order valence-electron chi connectivity index (χ0n) is 16.3. The highest BCUT2D eigenvalue weighted by molar-refractivity contribution is 5.88. The molecule has 0 radical (unpaired) electrons. The lowest BCUT2D eigenvalue weighted by Gasteiger charge is -2.23. The number of hydrogen-bond donors (Lipinski definition) is 2. The third kappa shape index (κ3) is 10.0. The summed E-state index contributed by atoms with van der Waals surface area (Å²) in [6.07, 6.45) is -0.448. The smallest absolute Gasteiger partial charge is 0.408 e. The van der Waals surface area contributed by atoms with Crippen LogP contribution in [0.4, 0.5) is 4.79 Å². The number of amides is 2. The number of carbonyl (C=O) groups is 3. The molecule has 0 spiro atoms. The number of carbonyl (C=O) groups excluding carboxylic acids is 3. The molecular formula is C20H28N2O5. The highest BCUT2D eigenvalue weighted by atomic mass is 16.6. The van der Waals surface area contributed by atoms with E-state index in [9.17, 15) is 14.4 Å². The number of hydrogen-bond acceptors (Lipinski definition) is 5. The van der Waals surface area contributed by atoms with Crippen molar-refractivity contribution in [1.82, 2.24) is 10.6 Å². The molecule has 2 amide bonds. The Kier molecular flexibility index (Phi) is 8.51. The van der Waals surface area contributed by atoms with Gasteiger partial charge in [0.2, 0.25) is 5.91 Å². The number of rotatable bonds is 8. The molecule has 1 aromatic rings. The largest absolute Gasteiger partial charge is 0.460 e. The van der Waals surface area contributed by atoms with Crippen LogP contribution in [-0.2, 0) is 25.5 Å². The van der Waals surface area contributed by atoms with Gasteiger partial charge < -0.3 is 20.1 Å². The Balaban J connectivity index is 2.71. The Morgan fingerprint density at radius 1 is 1.15 bits per heavy atom. The van der Waals surface area contributed by atoms with Gasteiger partial charge in [0.1, 0.15) is 24.8 Å². The molecular weight excluding hydrogens is 348 g/mol. The van der Waals surface area contributed by atoms with Crippen LogP contribution in [-0.4, -0.2) is 42.8 Å². The summed E-state index contributed by atoms with van der Waals surface area (Å²) in [6.45, 7) is 10.4.